The Hall–Kier alpha value is -0.830. The molecule has 4 fully saturated rings. The van der Waals surface area contributed by atoms with Crippen molar-refractivity contribution in [3.8, 4) is 0 Å². The van der Waals surface area contributed by atoms with E-state index < -0.39 is 0 Å². The van der Waals surface area contributed by atoms with Crippen molar-refractivity contribution < 1.29 is 9.53 Å². The fraction of sp³-hybridized carbons (Fsp3) is 0.897. The number of rotatable bonds is 7. The van der Waals surface area contributed by atoms with Gasteiger partial charge in [0.15, 0.2) is 0 Å². The van der Waals surface area contributed by atoms with Crippen LogP contribution in [0.4, 0.5) is 0 Å². The summed E-state index contributed by atoms with van der Waals surface area (Å²) in [5.41, 5.74) is 2.17. The van der Waals surface area contributed by atoms with Crippen LogP contribution in [0.3, 0.4) is 0 Å². The molecule has 1 aliphatic heterocycles. The second-order valence-corrected chi connectivity index (χ2v) is 12.1. The first-order valence-electron chi connectivity index (χ1n) is 13.9. The molecular formula is C29H49NO2. The van der Waals surface area contributed by atoms with E-state index in [1.807, 2.05) is 0 Å². The number of likely N-dealkylation sites (tertiary alicyclic amines) is 1. The van der Waals surface area contributed by atoms with Gasteiger partial charge in [-0.1, -0.05) is 45.3 Å². The second-order valence-electron chi connectivity index (χ2n) is 12.1. The van der Waals surface area contributed by atoms with Gasteiger partial charge >= 0.3 is 5.97 Å². The fourth-order valence-corrected chi connectivity index (χ4v) is 8.30. The number of carbonyl (C=O) groups is 1. The van der Waals surface area contributed by atoms with E-state index in [0.717, 1.165) is 68.2 Å². The smallest absolute Gasteiger partial charge is 0.306 e. The van der Waals surface area contributed by atoms with Gasteiger partial charge in [-0.25, -0.2) is 0 Å². The molecule has 3 heteroatoms. The average molecular weight is 444 g/mol. The third-order valence-electron chi connectivity index (χ3n) is 10.4. The molecule has 1 heterocycles. The summed E-state index contributed by atoms with van der Waals surface area (Å²) in [6.07, 6.45) is 16.7. The molecule has 0 aromatic heterocycles. The number of carbonyl (C=O) groups excluding carboxylic acids is 1. The van der Waals surface area contributed by atoms with Gasteiger partial charge in [0.25, 0.3) is 0 Å². The monoisotopic (exact) mass is 443 g/mol. The SMILES string of the molecule is CCCCCC(=O)O[C@H]1CCC(C)/C(=C\C[C@@H]2[C@@H](C)CC[C@]34CN(C)[C@@H](C)[C@H]3CC[C@@H]24)C1. The quantitative estimate of drug-likeness (QED) is 0.241. The Bertz CT molecular complexity index is 687. The number of hydrogen-bond acceptors (Lipinski definition) is 3. The Morgan fingerprint density at radius 3 is 2.66 bits per heavy atom. The molecule has 4 aliphatic rings. The lowest BCUT2D eigenvalue weighted by atomic mass is 9.57. The van der Waals surface area contributed by atoms with Gasteiger partial charge in [0.2, 0.25) is 0 Å². The third-order valence-corrected chi connectivity index (χ3v) is 10.4. The van der Waals surface area contributed by atoms with E-state index in [-0.39, 0.29) is 12.1 Å². The molecule has 32 heavy (non-hydrogen) atoms. The standard InChI is InChI=1S/C29H49NO2/c1-6-7-8-9-28(31)32-24-12-10-20(2)23(18-24)11-13-25-21(3)16-17-29-19-30(5)22(4)26(29)14-15-27(25)29/h11,20-22,24-27H,6-10,12-19H2,1-5H3/b23-11-/t20?,21-,22-,24-,25+,26+,27-,29-/m0/s1. The maximum absolute atomic E-state index is 12.3. The second kappa shape index (κ2) is 10.2. The maximum Gasteiger partial charge on any atom is 0.306 e. The third kappa shape index (κ3) is 4.70. The molecule has 0 aromatic carbocycles. The predicted octanol–water partition coefficient (Wildman–Crippen LogP) is 7.01. The van der Waals surface area contributed by atoms with Gasteiger partial charge in [0, 0.05) is 25.4 Å². The summed E-state index contributed by atoms with van der Waals surface area (Å²) in [5, 5.41) is 0. The molecule has 1 spiro atoms. The number of ether oxygens (including phenoxy) is 1. The van der Waals surface area contributed by atoms with Crippen molar-refractivity contribution in [2.75, 3.05) is 13.6 Å². The van der Waals surface area contributed by atoms with Gasteiger partial charge in [-0.3, -0.25) is 4.79 Å². The highest BCUT2D eigenvalue weighted by atomic mass is 16.5. The van der Waals surface area contributed by atoms with E-state index >= 15 is 0 Å². The normalized spacial score (nSPS) is 43.3. The van der Waals surface area contributed by atoms with E-state index in [1.54, 1.807) is 5.57 Å². The lowest BCUT2D eigenvalue weighted by molar-refractivity contribution is -0.150. The van der Waals surface area contributed by atoms with E-state index in [0.29, 0.717) is 17.8 Å². The maximum atomic E-state index is 12.3. The molecule has 0 bridgehead atoms. The van der Waals surface area contributed by atoms with Crippen molar-refractivity contribution in [1.82, 2.24) is 4.90 Å². The summed E-state index contributed by atoms with van der Waals surface area (Å²) in [4.78, 5) is 14.9. The zero-order valence-corrected chi connectivity index (χ0v) is 21.6. The van der Waals surface area contributed by atoms with Crippen LogP contribution >= 0.6 is 0 Å². The Morgan fingerprint density at radius 1 is 1.09 bits per heavy atom. The van der Waals surface area contributed by atoms with Crippen LogP contribution in [0.2, 0.25) is 0 Å². The fourth-order valence-electron chi connectivity index (χ4n) is 8.30. The zero-order chi connectivity index (χ0) is 22.9. The predicted molar refractivity (Wildman–Crippen MR) is 132 cm³/mol. The van der Waals surface area contributed by atoms with Gasteiger partial charge in [-0.15, -0.1) is 0 Å². The van der Waals surface area contributed by atoms with Crippen LogP contribution in [-0.4, -0.2) is 36.6 Å². The minimum Gasteiger partial charge on any atom is -0.462 e. The van der Waals surface area contributed by atoms with E-state index in [9.17, 15) is 4.79 Å². The van der Waals surface area contributed by atoms with Crippen molar-refractivity contribution >= 4 is 5.97 Å². The highest BCUT2D eigenvalue weighted by molar-refractivity contribution is 5.69. The first kappa shape index (κ1) is 24.3. The molecule has 8 atom stereocenters. The summed E-state index contributed by atoms with van der Waals surface area (Å²) >= 11 is 0. The molecule has 4 rings (SSSR count). The molecule has 3 aliphatic carbocycles. The zero-order valence-electron chi connectivity index (χ0n) is 21.6. The first-order valence-corrected chi connectivity index (χ1v) is 13.9. The highest BCUT2D eigenvalue weighted by Crippen LogP contribution is 2.64. The summed E-state index contributed by atoms with van der Waals surface area (Å²) in [6, 6.07) is 0.763. The van der Waals surface area contributed by atoms with Crippen molar-refractivity contribution in [1.29, 1.82) is 0 Å². The van der Waals surface area contributed by atoms with Crippen molar-refractivity contribution in [2.24, 2.45) is 35.0 Å². The highest BCUT2D eigenvalue weighted by Gasteiger charge is 2.60. The summed E-state index contributed by atoms with van der Waals surface area (Å²) in [7, 11) is 2.36. The van der Waals surface area contributed by atoms with Crippen LogP contribution in [0.1, 0.15) is 105 Å². The molecule has 0 radical (unpaired) electrons. The number of unbranched alkanes of at least 4 members (excludes halogenated alkanes) is 2. The average Bonchev–Trinajstić information content (AvgIpc) is 3.24. The number of esters is 1. The van der Waals surface area contributed by atoms with Crippen LogP contribution in [0.5, 0.6) is 0 Å². The Balaban J connectivity index is 1.39. The Kier molecular flexibility index (Phi) is 7.74. The van der Waals surface area contributed by atoms with E-state index in [2.05, 4.69) is 45.7 Å². The van der Waals surface area contributed by atoms with Crippen molar-refractivity contribution in [2.45, 2.75) is 117 Å². The van der Waals surface area contributed by atoms with E-state index in [1.165, 1.54) is 38.6 Å². The van der Waals surface area contributed by atoms with Crippen molar-refractivity contribution in [3.05, 3.63) is 11.6 Å². The van der Waals surface area contributed by atoms with Gasteiger partial charge in [0.1, 0.15) is 6.10 Å². The molecule has 3 nitrogen and oxygen atoms in total. The lowest BCUT2D eigenvalue weighted by Crippen LogP contribution is -2.43. The Labute approximate surface area is 197 Å². The minimum absolute atomic E-state index is 0.0247. The molecule has 182 valence electrons. The van der Waals surface area contributed by atoms with Gasteiger partial charge in [-0.05, 0) is 100 Å². The first-order chi connectivity index (χ1) is 15.4. The number of allylic oxidation sites excluding steroid dienone is 1. The lowest BCUT2D eigenvalue weighted by Gasteiger charge is -2.47. The topological polar surface area (TPSA) is 29.5 Å². The molecule has 1 unspecified atom stereocenters. The summed E-state index contributed by atoms with van der Waals surface area (Å²) in [5.74, 6) is 4.18. The largest absolute Gasteiger partial charge is 0.462 e. The van der Waals surface area contributed by atoms with Crippen LogP contribution in [-0.2, 0) is 9.53 Å². The van der Waals surface area contributed by atoms with Gasteiger partial charge in [0.05, 0.1) is 0 Å². The van der Waals surface area contributed by atoms with E-state index in [4.69, 9.17) is 4.74 Å². The molecule has 0 aromatic rings. The molecule has 1 saturated heterocycles. The number of nitrogens with zero attached hydrogens (tertiary/aromatic N) is 1. The summed E-state index contributed by atoms with van der Waals surface area (Å²) in [6.45, 7) is 10.9. The van der Waals surface area contributed by atoms with Crippen LogP contribution in [0.25, 0.3) is 0 Å². The van der Waals surface area contributed by atoms with Gasteiger partial charge in [-0.2, -0.15) is 0 Å². The Morgan fingerprint density at radius 2 is 1.88 bits per heavy atom. The molecule has 3 saturated carbocycles. The van der Waals surface area contributed by atoms with Crippen molar-refractivity contribution in [3.63, 3.8) is 0 Å². The van der Waals surface area contributed by atoms with Crippen LogP contribution < -0.4 is 0 Å². The van der Waals surface area contributed by atoms with Gasteiger partial charge < -0.3 is 9.64 Å². The van der Waals surface area contributed by atoms with Crippen LogP contribution in [0.15, 0.2) is 11.6 Å². The number of hydrogen-bond donors (Lipinski definition) is 0. The molecule has 0 amide bonds. The van der Waals surface area contributed by atoms with Crippen LogP contribution in [0, 0.1) is 35.0 Å². The molecule has 0 N–H and O–H groups in total. The molecular weight excluding hydrogens is 394 g/mol. The summed E-state index contributed by atoms with van der Waals surface area (Å²) < 4.78 is 5.89. The minimum atomic E-state index is 0.0247.